The molecule has 0 atom stereocenters. The Morgan fingerprint density at radius 2 is 2.11 bits per heavy atom. The molecule has 2 aromatic heterocycles. The van der Waals surface area contributed by atoms with Crippen molar-refractivity contribution in [2.24, 2.45) is 0 Å². The minimum Gasteiger partial charge on any atom is -0.462 e. The molecule has 0 saturated heterocycles. The van der Waals surface area contributed by atoms with Crippen LogP contribution in [0.2, 0.25) is 4.34 Å². The molecular weight excluding hydrogens is 404 g/mol. The molecule has 0 saturated carbocycles. The van der Waals surface area contributed by atoms with E-state index in [2.05, 4.69) is 17.1 Å². The molecule has 1 N–H and O–H groups in total. The van der Waals surface area contributed by atoms with Gasteiger partial charge in [-0.05, 0) is 44.0 Å². The first kappa shape index (κ1) is 20.3. The van der Waals surface area contributed by atoms with Crippen LogP contribution in [-0.2, 0) is 28.9 Å². The quantitative estimate of drug-likeness (QED) is 0.658. The summed E-state index contributed by atoms with van der Waals surface area (Å²) in [7, 11) is 0. The standard InChI is InChI=1S/C19H23ClN2O3S2/c1-3-8-22-9-7-13-14(11-22)27-18(17(13)19(24)25-4-2)21-16(23)10-12-5-6-15(20)26-12/h5-6H,3-4,7-11H2,1-2H3,(H,21,23). The average molecular weight is 427 g/mol. The van der Waals surface area contributed by atoms with Gasteiger partial charge in [0.2, 0.25) is 5.91 Å². The summed E-state index contributed by atoms with van der Waals surface area (Å²) in [5.74, 6) is -0.503. The molecule has 0 bridgehead atoms. The first-order valence-corrected chi connectivity index (χ1v) is 11.1. The number of carbonyl (C=O) groups excluding carboxylic acids is 2. The van der Waals surface area contributed by atoms with Gasteiger partial charge in [0.1, 0.15) is 5.00 Å². The number of thiophene rings is 2. The molecule has 146 valence electrons. The number of fused-ring (bicyclic) bond motifs is 1. The van der Waals surface area contributed by atoms with Crippen LogP contribution in [0.1, 0.15) is 45.9 Å². The van der Waals surface area contributed by atoms with Gasteiger partial charge in [-0.25, -0.2) is 4.79 Å². The largest absolute Gasteiger partial charge is 0.462 e. The van der Waals surface area contributed by atoms with E-state index < -0.39 is 0 Å². The van der Waals surface area contributed by atoms with Gasteiger partial charge >= 0.3 is 5.97 Å². The summed E-state index contributed by atoms with van der Waals surface area (Å²) in [5.41, 5.74) is 1.56. The molecule has 0 unspecified atom stereocenters. The molecular formula is C19H23ClN2O3S2. The monoisotopic (exact) mass is 426 g/mol. The van der Waals surface area contributed by atoms with E-state index in [4.69, 9.17) is 16.3 Å². The lowest BCUT2D eigenvalue weighted by Crippen LogP contribution is -2.30. The Kier molecular flexibility index (Phi) is 6.92. The Labute approximate surface area is 172 Å². The molecule has 0 fully saturated rings. The summed E-state index contributed by atoms with van der Waals surface area (Å²) < 4.78 is 5.92. The summed E-state index contributed by atoms with van der Waals surface area (Å²) in [4.78, 5) is 29.5. The average Bonchev–Trinajstić information content (AvgIpc) is 3.17. The van der Waals surface area contributed by atoms with Crippen molar-refractivity contribution in [2.45, 2.75) is 39.7 Å². The van der Waals surface area contributed by atoms with Gasteiger partial charge in [0.25, 0.3) is 0 Å². The van der Waals surface area contributed by atoms with Gasteiger partial charge in [0.15, 0.2) is 0 Å². The molecule has 0 spiro atoms. The van der Waals surface area contributed by atoms with Crippen molar-refractivity contribution in [1.29, 1.82) is 0 Å². The number of amides is 1. The van der Waals surface area contributed by atoms with Gasteiger partial charge < -0.3 is 10.1 Å². The highest BCUT2D eigenvalue weighted by atomic mass is 35.5. The van der Waals surface area contributed by atoms with Crippen LogP contribution < -0.4 is 5.32 Å². The summed E-state index contributed by atoms with van der Waals surface area (Å²) in [5, 5.41) is 3.54. The van der Waals surface area contributed by atoms with Crippen LogP contribution in [0, 0.1) is 0 Å². The van der Waals surface area contributed by atoms with Gasteiger partial charge in [0, 0.05) is 22.8 Å². The molecule has 0 radical (unpaired) electrons. The predicted octanol–water partition coefficient (Wildman–Crippen LogP) is 4.59. The maximum absolute atomic E-state index is 12.6. The number of ether oxygens (including phenoxy) is 1. The minimum atomic E-state index is -0.353. The van der Waals surface area contributed by atoms with Crippen LogP contribution in [0.15, 0.2) is 12.1 Å². The molecule has 3 rings (SSSR count). The summed E-state index contributed by atoms with van der Waals surface area (Å²) >= 11 is 8.82. The van der Waals surface area contributed by atoms with E-state index in [1.165, 1.54) is 22.7 Å². The number of hydrogen-bond acceptors (Lipinski definition) is 6. The third-order valence-corrected chi connectivity index (χ3v) is 6.74. The van der Waals surface area contributed by atoms with Crippen LogP contribution in [0.25, 0.3) is 0 Å². The Morgan fingerprint density at radius 1 is 1.30 bits per heavy atom. The Morgan fingerprint density at radius 3 is 2.78 bits per heavy atom. The van der Waals surface area contributed by atoms with E-state index in [9.17, 15) is 9.59 Å². The molecule has 1 aliphatic rings. The van der Waals surface area contributed by atoms with Gasteiger partial charge in [-0.15, -0.1) is 22.7 Å². The highest BCUT2D eigenvalue weighted by Crippen LogP contribution is 2.38. The highest BCUT2D eigenvalue weighted by molar-refractivity contribution is 7.17. The van der Waals surface area contributed by atoms with Crippen molar-refractivity contribution in [3.63, 3.8) is 0 Å². The lowest BCUT2D eigenvalue weighted by molar-refractivity contribution is -0.115. The van der Waals surface area contributed by atoms with Crippen LogP contribution in [0.3, 0.4) is 0 Å². The maximum atomic E-state index is 12.6. The summed E-state index contributed by atoms with van der Waals surface area (Å²) in [6.07, 6.45) is 2.14. The second-order valence-corrected chi connectivity index (χ2v) is 9.29. The number of hydrogen-bond donors (Lipinski definition) is 1. The first-order valence-electron chi connectivity index (χ1n) is 9.09. The fourth-order valence-corrected chi connectivity index (χ4v) is 5.63. The highest BCUT2D eigenvalue weighted by Gasteiger charge is 2.29. The smallest absolute Gasteiger partial charge is 0.341 e. The van der Waals surface area contributed by atoms with Gasteiger partial charge in [0.05, 0.1) is 22.9 Å². The molecule has 0 aromatic carbocycles. The van der Waals surface area contributed by atoms with Crippen LogP contribution in [0.5, 0.6) is 0 Å². The number of carbonyl (C=O) groups is 2. The van der Waals surface area contributed by atoms with Crippen molar-refractivity contribution in [3.05, 3.63) is 37.4 Å². The lowest BCUT2D eigenvalue weighted by atomic mass is 10.0. The van der Waals surface area contributed by atoms with Gasteiger partial charge in [-0.3, -0.25) is 9.69 Å². The van der Waals surface area contributed by atoms with Gasteiger partial charge in [-0.1, -0.05) is 18.5 Å². The predicted molar refractivity (Wildman–Crippen MR) is 111 cm³/mol. The molecule has 1 amide bonds. The number of nitrogens with zero attached hydrogens (tertiary/aromatic N) is 1. The number of halogens is 1. The second kappa shape index (κ2) is 9.19. The van der Waals surface area contributed by atoms with Crippen LogP contribution in [-0.4, -0.2) is 36.5 Å². The zero-order chi connectivity index (χ0) is 19.4. The molecule has 27 heavy (non-hydrogen) atoms. The number of rotatable bonds is 7. The second-order valence-electron chi connectivity index (χ2n) is 6.39. The molecule has 3 heterocycles. The first-order chi connectivity index (χ1) is 13.0. The SMILES string of the molecule is CCCN1CCc2c(sc(NC(=O)Cc3ccc(Cl)s3)c2C(=O)OCC)C1. The van der Waals surface area contributed by atoms with E-state index in [1.807, 2.05) is 6.07 Å². The van der Waals surface area contributed by atoms with E-state index >= 15 is 0 Å². The van der Waals surface area contributed by atoms with Crippen molar-refractivity contribution >= 4 is 51.2 Å². The van der Waals surface area contributed by atoms with Crippen molar-refractivity contribution in [2.75, 3.05) is 25.0 Å². The van der Waals surface area contributed by atoms with Crippen LogP contribution >= 0.6 is 34.3 Å². The lowest BCUT2D eigenvalue weighted by Gasteiger charge is -2.26. The fourth-order valence-electron chi connectivity index (χ4n) is 3.25. The van der Waals surface area contributed by atoms with Crippen LogP contribution in [0.4, 0.5) is 5.00 Å². The van der Waals surface area contributed by atoms with E-state index in [0.717, 1.165) is 47.8 Å². The molecule has 5 nitrogen and oxygen atoms in total. The topological polar surface area (TPSA) is 58.6 Å². The third-order valence-electron chi connectivity index (χ3n) is 4.37. The van der Waals surface area contributed by atoms with Crippen molar-refractivity contribution in [1.82, 2.24) is 4.90 Å². The van der Waals surface area contributed by atoms with E-state index in [0.29, 0.717) is 21.5 Å². The zero-order valence-corrected chi connectivity index (χ0v) is 17.9. The van der Waals surface area contributed by atoms with Gasteiger partial charge in [-0.2, -0.15) is 0 Å². The Hall–Kier alpha value is -1.41. The zero-order valence-electron chi connectivity index (χ0n) is 15.5. The molecule has 1 aliphatic heterocycles. The molecule has 0 aliphatic carbocycles. The fraction of sp³-hybridized carbons (Fsp3) is 0.474. The number of nitrogens with one attached hydrogen (secondary N) is 1. The van der Waals surface area contributed by atoms with Crippen molar-refractivity contribution in [3.8, 4) is 0 Å². The Balaban J connectivity index is 1.82. The summed E-state index contributed by atoms with van der Waals surface area (Å²) in [6, 6.07) is 3.63. The molecule has 2 aromatic rings. The third kappa shape index (κ3) is 4.90. The maximum Gasteiger partial charge on any atom is 0.341 e. The number of esters is 1. The van der Waals surface area contributed by atoms with E-state index in [-0.39, 0.29) is 18.3 Å². The molecule has 8 heteroatoms. The Bertz CT molecular complexity index is 831. The number of anilines is 1. The normalized spacial score (nSPS) is 14.0. The van der Waals surface area contributed by atoms with E-state index in [1.54, 1.807) is 13.0 Å². The summed E-state index contributed by atoms with van der Waals surface area (Å²) in [6.45, 7) is 7.04. The minimum absolute atomic E-state index is 0.150. The van der Waals surface area contributed by atoms with Crippen molar-refractivity contribution < 1.29 is 14.3 Å².